The van der Waals surface area contributed by atoms with Gasteiger partial charge in [-0.25, -0.2) is 0 Å². The van der Waals surface area contributed by atoms with Crippen LogP contribution in [0.2, 0.25) is 0 Å². The van der Waals surface area contributed by atoms with E-state index >= 15 is 0 Å². The third-order valence-corrected chi connectivity index (χ3v) is 5.70. The molecular formula is C21H26N4O3. The van der Waals surface area contributed by atoms with Crippen molar-refractivity contribution < 1.29 is 14.7 Å². The quantitative estimate of drug-likeness (QED) is 0.838. The Balaban J connectivity index is 1.34. The van der Waals surface area contributed by atoms with Crippen molar-refractivity contribution in [1.29, 1.82) is 0 Å². The Morgan fingerprint density at radius 2 is 1.96 bits per heavy atom. The summed E-state index contributed by atoms with van der Waals surface area (Å²) >= 11 is 0. The molecule has 1 aromatic heterocycles. The van der Waals surface area contributed by atoms with Gasteiger partial charge in [0, 0.05) is 25.7 Å². The number of aryl methyl sites for hydroxylation is 1. The Bertz CT molecular complexity index is 841. The molecule has 7 nitrogen and oxygen atoms in total. The number of rotatable bonds is 4. The highest BCUT2D eigenvalue weighted by atomic mass is 16.3. The second-order valence-corrected chi connectivity index (χ2v) is 7.72. The first-order valence-corrected chi connectivity index (χ1v) is 9.97. The molecule has 0 bridgehead atoms. The van der Waals surface area contributed by atoms with Crippen LogP contribution < -0.4 is 5.32 Å². The average molecular weight is 382 g/mol. The van der Waals surface area contributed by atoms with E-state index in [2.05, 4.69) is 34.7 Å². The molecule has 1 atom stereocenters. The van der Waals surface area contributed by atoms with E-state index in [-0.39, 0.29) is 30.6 Å². The van der Waals surface area contributed by atoms with Crippen LogP contribution in [-0.2, 0) is 13.0 Å². The first-order valence-electron chi connectivity index (χ1n) is 9.97. The summed E-state index contributed by atoms with van der Waals surface area (Å²) in [6.45, 7) is 1.84. The van der Waals surface area contributed by atoms with Crippen LogP contribution in [0.5, 0.6) is 0 Å². The van der Waals surface area contributed by atoms with E-state index < -0.39 is 6.10 Å². The molecule has 2 aromatic rings. The number of carbonyl (C=O) groups excluding carboxylic acids is 2. The highest BCUT2D eigenvalue weighted by Gasteiger charge is 2.28. The molecule has 0 aliphatic carbocycles. The third kappa shape index (κ3) is 4.09. The summed E-state index contributed by atoms with van der Waals surface area (Å²) in [4.78, 5) is 26.7. The van der Waals surface area contributed by atoms with Gasteiger partial charge < -0.3 is 15.3 Å². The summed E-state index contributed by atoms with van der Waals surface area (Å²) < 4.78 is 1.44. The third-order valence-electron chi connectivity index (χ3n) is 5.70. The number of aliphatic hydroxyl groups excluding tert-OH is 1. The van der Waals surface area contributed by atoms with Crippen molar-refractivity contribution in [2.24, 2.45) is 5.92 Å². The van der Waals surface area contributed by atoms with Crippen LogP contribution in [0.15, 0.2) is 36.4 Å². The van der Waals surface area contributed by atoms with Crippen molar-refractivity contribution in [2.75, 3.05) is 19.6 Å². The number of piperidine rings is 1. The zero-order valence-corrected chi connectivity index (χ0v) is 15.9. The molecule has 1 aromatic carbocycles. The van der Waals surface area contributed by atoms with Gasteiger partial charge in [0.15, 0.2) is 5.69 Å². The minimum absolute atomic E-state index is 0.135. The van der Waals surface area contributed by atoms with Crippen LogP contribution >= 0.6 is 0 Å². The van der Waals surface area contributed by atoms with Crippen LogP contribution in [0.3, 0.4) is 0 Å². The summed E-state index contributed by atoms with van der Waals surface area (Å²) in [7, 11) is 0. The predicted molar refractivity (Wildman–Crippen MR) is 104 cm³/mol. The Kier molecular flexibility index (Phi) is 5.43. The number of aliphatic hydroxyl groups is 1. The molecule has 148 valence electrons. The molecule has 0 spiro atoms. The zero-order valence-electron chi connectivity index (χ0n) is 15.9. The summed E-state index contributed by atoms with van der Waals surface area (Å²) in [5, 5.41) is 16.8. The first-order chi connectivity index (χ1) is 13.6. The summed E-state index contributed by atoms with van der Waals surface area (Å²) in [6.07, 6.45) is 3.50. The molecule has 1 fully saturated rings. The maximum Gasteiger partial charge on any atom is 0.274 e. The van der Waals surface area contributed by atoms with Gasteiger partial charge in [0.1, 0.15) is 5.69 Å². The van der Waals surface area contributed by atoms with Crippen molar-refractivity contribution in [1.82, 2.24) is 20.0 Å². The predicted octanol–water partition coefficient (Wildman–Crippen LogP) is 1.47. The van der Waals surface area contributed by atoms with E-state index in [0.717, 1.165) is 38.8 Å². The maximum atomic E-state index is 12.8. The van der Waals surface area contributed by atoms with Gasteiger partial charge in [-0.3, -0.25) is 14.3 Å². The lowest BCUT2D eigenvalue weighted by molar-refractivity contribution is 0.0678. The summed E-state index contributed by atoms with van der Waals surface area (Å²) in [6, 6.07) is 12.0. The number of hydrogen-bond acceptors (Lipinski definition) is 4. The zero-order chi connectivity index (χ0) is 19.5. The molecule has 3 heterocycles. The first kappa shape index (κ1) is 18.7. The van der Waals surface area contributed by atoms with Crippen LogP contribution in [0.25, 0.3) is 0 Å². The number of aromatic nitrogens is 2. The Morgan fingerprint density at radius 3 is 2.71 bits per heavy atom. The largest absolute Gasteiger partial charge is 0.389 e. The fraction of sp³-hybridized carbons (Fsp3) is 0.476. The van der Waals surface area contributed by atoms with E-state index in [4.69, 9.17) is 0 Å². The Morgan fingerprint density at radius 1 is 1.21 bits per heavy atom. The van der Waals surface area contributed by atoms with Crippen LogP contribution in [0.1, 0.15) is 45.8 Å². The fourth-order valence-corrected chi connectivity index (χ4v) is 4.01. The molecule has 2 aliphatic rings. The van der Waals surface area contributed by atoms with Crippen LogP contribution in [0.4, 0.5) is 0 Å². The van der Waals surface area contributed by atoms with Gasteiger partial charge in [0.25, 0.3) is 11.8 Å². The number of fused-ring (bicyclic) bond motifs is 1. The van der Waals surface area contributed by atoms with E-state index in [0.29, 0.717) is 11.6 Å². The Labute approximate surface area is 164 Å². The Hall–Kier alpha value is -2.67. The number of likely N-dealkylation sites (tertiary alicyclic amines) is 1. The monoisotopic (exact) mass is 382 g/mol. The second kappa shape index (κ2) is 8.14. The van der Waals surface area contributed by atoms with Crippen LogP contribution in [-0.4, -0.2) is 57.3 Å². The SMILES string of the molecule is O=C1NCC(O)Cn2nc(C(=O)N3CCC(CCc4ccccc4)CC3)cc21. The van der Waals surface area contributed by atoms with Gasteiger partial charge in [0.2, 0.25) is 0 Å². The van der Waals surface area contributed by atoms with Crippen molar-refractivity contribution in [3.63, 3.8) is 0 Å². The molecule has 28 heavy (non-hydrogen) atoms. The minimum atomic E-state index is -0.701. The van der Waals surface area contributed by atoms with Gasteiger partial charge in [-0.05, 0) is 37.2 Å². The van der Waals surface area contributed by atoms with Crippen LogP contribution in [0, 0.1) is 5.92 Å². The molecule has 7 heteroatoms. The standard InChI is InChI=1S/C21H26N4O3/c26-17-13-22-20(27)19-12-18(23-25(19)14-17)21(28)24-10-8-16(9-11-24)7-6-15-4-2-1-3-5-15/h1-5,12,16-17,26H,6-11,13-14H2,(H,22,27). The van der Waals surface area contributed by atoms with E-state index in [1.54, 1.807) is 0 Å². The van der Waals surface area contributed by atoms with E-state index in [1.165, 1.54) is 16.3 Å². The molecule has 4 rings (SSSR count). The topological polar surface area (TPSA) is 87.5 Å². The second-order valence-electron chi connectivity index (χ2n) is 7.72. The maximum absolute atomic E-state index is 12.8. The summed E-state index contributed by atoms with van der Waals surface area (Å²) in [5.41, 5.74) is 1.97. The molecule has 1 unspecified atom stereocenters. The molecule has 2 amide bonds. The molecular weight excluding hydrogens is 356 g/mol. The van der Waals surface area contributed by atoms with E-state index in [9.17, 15) is 14.7 Å². The van der Waals surface area contributed by atoms with Gasteiger partial charge in [-0.15, -0.1) is 0 Å². The van der Waals surface area contributed by atoms with Gasteiger partial charge >= 0.3 is 0 Å². The molecule has 1 saturated heterocycles. The number of carbonyl (C=O) groups is 2. The van der Waals surface area contributed by atoms with Gasteiger partial charge in [-0.1, -0.05) is 30.3 Å². The van der Waals surface area contributed by atoms with Crippen molar-refractivity contribution >= 4 is 11.8 Å². The highest BCUT2D eigenvalue weighted by Crippen LogP contribution is 2.23. The van der Waals surface area contributed by atoms with Gasteiger partial charge in [0.05, 0.1) is 12.6 Å². The number of amides is 2. The number of benzene rings is 1. The van der Waals surface area contributed by atoms with Crippen molar-refractivity contribution in [2.45, 2.75) is 38.3 Å². The lowest BCUT2D eigenvalue weighted by atomic mass is 9.90. The number of β-amino-alcohol motifs (C(OH)–C–C–N with tert-alkyl or cyclic N) is 1. The smallest absolute Gasteiger partial charge is 0.274 e. The lowest BCUT2D eigenvalue weighted by Gasteiger charge is -2.31. The van der Waals surface area contributed by atoms with Gasteiger partial charge in [-0.2, -0.15) is 5.10 Å². The lowest BCUT2D eigenvalue weighted by Crippen LogP contribution is -2.39. The van der Waals surface area contributed by atoms with E-state index in [1.807, 2.05) is 11.0 Å². The molecule has 2 N–H and O–H groups in total. The van der Waals surface area contributed by atoms with Crippen molar-refractivity contribution in [3.05, 3.63) is 53.3 Å². The minimum Gasteiger partial charge on any atom is -0.389 e. The molecule has 2 aliphatic heterocycles. The number of nitrogens with zero attached hydrogens (tertiary/aromatic N) is 3. The summed E-state index contributed by atoms with van der Waals surface area (Å²) in [5.74, 6) is 0.191. The fourth-order valence-electron chi connectivity index (χ4n) is 4.01. The molecule has 0 saturated carbocycles. The number of hydrogen-bond donors (Lipinski definition) is 2. The number of nitrogens with one attached hydrogen (secondary N) is 1. The van der Waals surface area contributed by atoms with Crippen molar-refractivity contribution in [3.8, 4) is 0 Å². The average Bonchev–Trinajstić information content (AvgIpc) is 3.09. The molecule has 0 radical (unpaired) electrons. The highest BCUT2D eigenvalue weighted by molar-refractivity contribution is 5.98. The normalized spacial score (nSPS) is 20.4.